The number of nitrogens with zero attached hydrogens (tertiary/aromatic N) is 2. The highest BCUT2D eigenvalue weighted by atomic mass is 35.5. The van der Waals surface area contributed by atoms with Crippen molar-refractivity contribution in [2.45, 2.75) is 26.2 Å². The summed E-state index contributed by atoms with van der Waals surface area (Å²) in [6.07, 6.45) is 0.852. The molecule has 0 saturated carbocycles. The Bertz CT molecular complexity index is 917. The molecule has 5 heteroatoms. The van der Waals surface area contributed by atoms with Gasteiger partial charge in [-0.3, -0.25) is 9.36 Å². The molecule has 118 valence electrons. The van der Waals surface area contributed by atoms with Crippen LogP contribution in [0.25, 0.3) is 16.6 Å². The van der Waals surface area contributed by atoms with E-state index in [1.807, 2.05) is 19.1 Å². The van der Waals surface area contributed by atoms with Crippen LogP contribution in [0.1, 0.15) is 32.0 Å². The van der Waals surface area contributed by atoms with E-state index < -0.39 is 0 Å². The number of aromatic nitrogens is 2. The number of hydrogen-bond donors (Lipinski definition) is 1. The molecule has 4 nitrogen and oxygen atoms in total. The van der Waals surface area contributed by atoms with Crippen LogP contribution in [-0.2, 0) is 0 Å². The van der Waals surface area contributed by atoms with Crippen molar-refractivity contribution in [2.75, 3.05) is 0 Å². The van der Waals surface area contributed by atoms with Crippen LogP contribution in [0.5, 0.6) is 5.75 Å². The summed E-state index contributed by atoms with van der Waals surface area (Å²) in [5, 5.41) is 10.8. The number of rotatable bonds is 3. The summed E-state index contributed by atoms with van der Waals surface area (Å²) in [6.45, 7) is 4.08. The second kappa shape index (κ2) is 6.05. The Morgan fingerprint density at radius 2 is 1.91 bits per heavy atom. The maximum absolute atomic E-state index is 13.0. The first-order valence-electron chi connectivity index (χ1n) is 7.53. The number of halogens is 1. The van der Waals surface area contributed by atoms with E-state index in [4.69, 9.17) is 11.6 Å². The second-order valence-corrected chi connectivity index (χ2v) is 6.03. The average molecular weight is 329 g/mol. The third-order valence-electron chi connectivity index (χ3n) is 4.02. The Kier molecular flexibility index (Phi) is 4.09. The molecule has 23 heavy (non-hydrogen) atoms. The maximum atomic E-state index is 13.0. The predicted molar refractivity (Wildman–Crippen MR) is 92.7 cm³/mol. The number of benzene rings is 2. The highest BCUT2D eigenvalue weighted by Crippen LogP contribution is 2.24. The molecule has 3 aromatic rings. The molecule has 0 bridgehead atoms. The smallest absolute Gasteiger partial charge is 0.265 e. The highest BCUT2D eigenvalue weighted by Gasteiger charge is 2.17. The molecule has 0 saturated heterocycles. The van der Waals surface area contributed by atoms with Crippen LogP contribution in [0.2, 0.25) is 5.02 Å². The SMILES string of the molecule is CCC(C)c1nc2cc(O)ccc2c(=O)n1-c1ccc(Cl)cc1. The normalized spacial score (nSPS) is 12.5. The van der Waals surface area contributed by atoms with E-state index in [-0.39, 0.29) is 17.2 Å². The van der Waals surface area contributed by atoms with Crippen LogP contribution in [0, 0.1) is 0 Å². The molecule has 0 spiro atoms. The standard InChI is InChI=1S/C18H17ClN2O2/c1-3-11(2)17-20-16-10-14(22)8-9-15(16)18(23)21(17)13-6-4-12(19)5-7-13/h4-11,22H,3H2,1-2H3. The summed E-state index contributed by atoms with van der Waals surface area (Å²) in [6, 6.07) is 11.8. The fourth-order valence-corrected chi connectivity index (χ4v) is 2.67. The Labute approximate surface area is 139 Å². The third kappa shape index (κ3) is 2.82. The lowest BCUT2D eigenvalue weighted by atomic mass is 10.1. The van der Waals surface area contributed by atoms with Gasteiger partial charge in [-0.25, -0.2) is 4.98 Å². The molecule has 0 aliphatic rings. The molecule has 0 fully saturated rings. The third-order valence-corrected chi connectivity index (χ3v) is 4.27. The summed E-state index contributed by atoms with van der Waals surface area (Å²) in [5.74, 6) is 0.881. The van der Waals surface area contributed by atoms with Gasteiger partial charge in [0.05, 0.1) is 16.6 Å². The maximum Gasteiger partial charge on any atom is 0.265 e. The van der Waals surface area contributed by atoms with Gasteiger partial charge in [0.25, 0.3) is 5.56 Å². The first-order chi connectivity index (χ1) is 11.0. The van der Waals surface area contributed by atoms with Crippen LogP contribution >= 0.6 is 11.6 Å². The van der Waals surface area contributed by atoms with Gasteiger partial charge in [0.2, 0.25) is 0 Å². The van der Waals surface area contributed by atoms with Gasteiger partial charge in [-0.2, -0.15) is 0 Å². The Morgan fingerprint density at radius 1 is 1.22 bits per heavy atom. The van der Waals surface area contributed by atoms with Crippen LogP contribution in [0.15, 0.2) is 47.3 Å². The zero-order chi connectivity index (χ0) is 16.6. The molecule has 0 amide bonds. The van der Waals surface area contributed by atoms with E-state index in [2.05, 4.69) is 11.9 Å². The van der Waals surface area contributed by atoms with Crippen LogP contribution in [0.3, 0.4) is 0 Å². The number of aromatic hydroxyl groups is 1. The molecule has 0 aliphatic heterocycles. The zero-order valence-corrected chi connectivity index (χ0v) is 13.7. The number of phenolic OH excluding ortho intramolecular Hbond substituents is 1. The minimum absolute atomic E-state index is 0.101. The molecule has 1 unspecified atom stereocenters. The van der Waals surface area contributed by atoms with Gasteiger partial charge in [0, 0.05) is 17.0 Å². The number of fused-ring (bicyclic) bond motifs is 1. The Hall–Kier alpha value is -2.33. The highest BCUT2D eigenvalue weighted by molar-refractivity contribution is 6.30. The molecular weight excluding hydrogens is 312 g/mol. The van der Waals surface area contributed by atoms with E-state index in [1.54, 1.807) is 22.8 Å². The molecule has 3 rings (SSSR count). The van der Waals surface area contributed by atoms with Crippen LogP contribution < -0.4 is 5.56 Å². The first-order valence-corrected chi connectivity index (χ1v) is 7.90. The summed E-state index contributed by atoms with van der Waals surface area (Å²) in [4.78, 5) is 17.6. The second-order valence-electron chi connectivity index (χ2n) is 5.60. The first kappa shape index (κ1) is 15.6. The molecular formula is C18H17ClN2O2. The van der Waals surface area contributed by atoms with Crippen molar-refractivity contribution in [1.82, 2.24) is 9.55 Å². The van der Waals surface area contributed by atoms with E-state index in [9.17, 15) is 9.90 Å². The van der Waals surface area contributed by atoms with Crippen molar-refractivity contribution in [2.24, 2.45) is 0 Å². The van der Waals surface area contributed by atoms with Gasteiger partial charge < -0.3 is 5.11 Å². The van der Waals surface area contributed by atoms with Crippen LogP contribution in [-0.4, -0.2) is 14.7 Å². The van der Waals surface area contributed by atoms with Crippen molar-refractivity contribution in [3.8, 4) is 11.4 Å². The predicted octanol–water partition coefficient (Wildman–Crippen LogP) is 4.26. The molecule has 1 atom stereocenters. The van der Waals surface area contributed by atoms with E-state index in [0.717, 1.165) is 12.1 Å². The summed E-state index contributed by atoms with van der Waals surface area (Å²) >= 11 is 5.95. The Balaban J connectivity index is 2.38. The van der Waals surface area contributed by atoms with E-state index in [1.165, 1.54) is 12.1 Å². The van der Waals surface area contributed by atoms with Crippen molar-refractivity contribution in [3.63, 3.8) is 0 Å². The monoisotopic (exact) mass is 328 g/mol. The number of hydrogen-bond acceptors (Lipinski definition) is 3. The molecule has 0 aliphatic carbocycles. The Morgan fingerprint density at radius 3 is 2.57 bits per heavy atom. The zero-order valence-electron chi connectivity index (χ0n) is 13.0. The van der Waals surface area contributed by atoms with Gasteiger partial charge in [-0.15, -0.1) is 0 Å². The fraction of sp³-hybridized carbons (Fsp3) is 0.222. The summed E-state index contributed by atoms with van der Waals surface area (Å²) in [5.41, 5.74) is 1.10. The van der Waals surface area contributed by atoms with Crippen molar-refractivity contribution < 1.29 is 5.11 Å². The van der Waals surface area contributed by atoms with Gasteiger partial charge in [0.1, 0.15) is 11.6 Å². The van der Waals surface area contributed by atoms with Gasteiger partial charge in [-0.1, -0.05) is 25.4 Å². The van der Waals surface area contributed by atoms with Crippen molar-refractivity contribution in [3.05, 3.63) is 63.7 Å². The molecule has 0 radical (unpaired) electrons. The lowest BCUT2D eigenvalue weighted by Gasteiger charge is -2.17. The van der Waals surface area contributed by atoms with E-state index >= 15 is 0 Å². The molecule has 1 N–H and O–H groups in total. The van der Waals surface area contributed by atoms with E-state index in [0.29, 0.717) is 21.7 Å². The lowest BCUT2D eigenvalue weighted by Crippen LogP contribution is -2.25. The van der Waals surface area contributed by atoms with Gasteiger partial charge in [-0.05, 0) is 42.8 Å². The van der Waals surface area contributed by atoms with Gasteiger partial charge in [0.15, 0.2) is 0 Å². The number of phenols is 1. The largest absolute Gasteiger partial charge is 0.508 e. The quantitative estimate of drug-likeness (QED) is 0.781. The average Bonchev–Trinajstić information content (AvgIpc) is 2.54. The van der Waals surface area contributed by atoms with Crippen molar-refractivity contribution >= 4 is 22.5 Å². The minimum atomic E-state index is -0.146. The topological polar surface area (TPSA) is 55.1 Å². The molecule has 1 heterocycles. The molecule has 1 aromatic heterocycles. The molecule has 2 aromatic carbocycles. The van der Waals surface area contributed by atoms with Crippen LogP contribution in [0.4, 0.5) is 0 Å². The van der Waals surface area contributed by atoms with Gasteiger partial charge >= 0.3 is 0 Å². The van der Waals surface area contributed by atoms with Crippen molar-refractivity contribution in [1.29, 1.82) is 0 Å². The fourth-order valence-electron chi connectivity index (χ4n) is 2.54. The minimum Gasteiger partial charge on any atom is -0.508 e. The summed E-state index contributed by atoms with van der Waals surface area (Å²) < 4.78 is 1.63. The lowest BCUT2D eigenvalue weighted by molar-refractivity contribution is 0.476. The summed E-state index contributed by atoms with van der Waals surface area (Å²) in [7, 11) is 0.